The van der Waals surface area contributed by atoms with E-state index in [1.54, 1.807) is 23.5 Å². The maximum Gasteiger partial charge on any atom is 0.131 e. The van der Waals surface area contributed by atoms with Crippen LogP contribution in [0.5, 0.6) is 0 Å². The van der Waals surface area contributed by atoms with Crippen LogP contribution in [-0.2, 0) is 11.2 Å². The zero-order valence-corrected chi connectivity index (χ0v) is 15.4. The van der Waals surface area contributed by atoms with E-state index < -0.39 is 0 Å². The molecule has 0 saturated heterocycles. The van der Waals surface area contributed by atoms with Crippen LogP contribution in [0.25, 0.3) is 11.8 Å². The number of allylic oxidation sites excluding steroid dienone is 5. The van der Waals surface area contributed by atoms with Crippen LogP contribution in [0.4, 0.5) is 4.39 Å². The third kappa shape index (κ3) is 5.84. The van der Waals surface area contributed by atoms with Gasteiger partial charge < -0.3 is 4.74 Å². The lowest BCUT2D eigenvalue weighted by atomic mass is 10.1. The number of hydrogen-bond donors (Lipinski definition) is 0. The molecular formula is C21H22FNOS. The van der Waals surface area contributed by atoms with Gasteiger partial charge in [0.25, 0.3) is 0 Å². The second kappa shape index (κ2) is 9.74. The van der Waals surface area contributed by atoms with E-state index in [0.717, 1.165) is 21.1 Å². The zero-order valence-electron chi connectivity index (χ0n) is 14.5. The number of thiazole rings is 1. The summed E-state index contributed by atoms with van der Waals surface area (Å²) in [6, 6.07) is 6.50. The van der Waals surface area contributed by atoms with Gasteiger partial charge in [0.05, 0.1) is 22.2 Å². The Kier molecular flexibility index (Phi) is 7.36. The third-order valence-corrected chi connectivity index (χ3v) is 4.43. The fourth-order valence-corrected chi connectivity index (χ4v) is 3.18. The molecule has 0 radical (unpaired) electrons. The molecule has 25 heavy (non-hydrogen) atoms. The minimum Gasteiger partial charge on any atom is -0.493 e. The molecule has 130 valence electrons. The molecule has 0 saturated carbocycles. The average molecular weight is 355 g/mol. The quantitative estimate of drug-likeness (QED) is 0.426. The smallest absolute Gasteiger partial charge is 0.131 e. The molecule has 0 aliphatic carbocycles. The number of aromatic nitrogens is 1. The van der Waals surface area contributed by atoms with E-state index in [0.29, 0.717) is 18.8 Å². The molecule has 1 aromatic heterocycles. The van der Waals surface area contributed by atoms with Crippen molar-refractivity contribution >= 4 is 23.2 Å². The van der Waals surface area contributed by atoms with Crippen LogP contribution in [-0.4, -0.2) is 11.6 Å². The van der Waals surface area contributed by atoms with Gasteiger partial charge in [-0.25, -0.2) is 9.37 Å². The fraction of sp³-hybridized carbons (Fsp3) is 0.190. The Balaban J connectivity index is 2.24. The van der Waals surface area contributed by atoms with E-state index >= 15 is 0 Å². The second-order valence-electron chi connectivity index (χ2n) is 5.25. The van der Waals surface area contributed by atoms with Gasteiger partial charge in [-0.1, -0.05) is 49.1 Å². The van der Waals surface area contributed by atoms with Crippen molar-refractivity contribution in [1.82, 2.24) is 4.98 Å². The highest BCUT2D eigenvalue weighted by Crippen LogP contribution is 2.29. The molecule has 4 heteroatoms. The van der Waals surface area contributed by atoms with Gasteiger partial charge in [-0.3, -0.25) is 0 Å². The first-order valence-corrected chi connectivity index (χ1v) is 8.98. The Bertz CT molecular complexity index is 785. The van der Waals surface area contributed by atoms with Gasteiger partial charge in [0.1, 0.15) is 11.6 Å². The Hall–Kier alpha value is -2.46. The number of rotatable bonds is 8. The molecule has 0 aliphatic rings. The zero-order chi connectivity index (χ0) is 18.1. The molecule has 1 aromatic carbocycles. The van der Waals surface area contributed by atoms with Crippen LogP contribution in [0.1, 0.15) is 35.0 Å². The first kappa shape index (κ1) is 18.9. The van der Waals surface area contributed by atoms with E-state index in [-0.39, 0.29) is 5.82 Å². The topological polar surface area (TPSA) is 22.1 Å². The summed E-state index contributed by atoms with van der Waals surface area (Å²) in [6.07, 6.45) is 12.4. The molecule has 0 atom stereocenters. The summed E-state index contributed by atoms with van der Waals surface area (Å²) in [4.78, 5) is 5.62. The Morgan fingerprint density at radius 1 is 1.20 bits per heavy atom. The van der Waals surface area contributed by atoms with Crippen LogP contribution < -0.4 is 0 Å². The number of halogens is 1. The van der Waals surface area contributed by atoms with E-state index in [2.05, 4.69) is 6.58 Å². The predicted octanol–water partition coefficient (Wildman–Crippen LogP) is 6.03. The first-order chi connectivity index (χ1) is 12.1. The van der Waals surface area contributed by atoms with E-state index in [4.69, 9.17) is 9.72 Å². The third-order valence-electron chi connectivity index (χ3n) is 3.32. The molecule has 0 amide bonds. The lowest BCUT2D eigenvalue weighted by molar-refractivity contribution is 0.300. The van der Waals surface area contributed by atoms with Crippen LogP contribution in [0.2, 0.25) is 0 Å². The standard InChI is InChI=1S/C21H22FNOS/c1-4-6-7-8-9-10-19-21(16(3)24-5-2)25-20(23-19)15-17-11-13-18(22)14-12-17/h4,6-14H,3,5,15H2,1-2H3/b6-4-,8-7-,10-9+. The molecule has 0 bridgehead atoms. The largest absolute Gasteiger partial charge is 0.493 e. The van der Waals surface area contributed by atoms with Crippen molar-refractivity contribution in [2.24, 2.45) is 0 Å². The van der Waals surface area contributed by atoms with Crippen LogP contribution in [0.15, 0.2) is 61.2 Å². The average Bonchev–Trinajstić information content (AvgIpc) is 3.00. The Morgan fingerprint density at radius 2 is 1.92 bits per heavy atom. The maximum atomic E-state index is 13.1. The Morgan fingerprint density at radius 3 is 2.60 bits per heavy atom. The molecular weight excluding hydrogens is 333 g/mol. The lowest BCUT2D eigenvalue weighted by Gasteiger charge is -2.04. The predicted molar refractivity (Wildman–Crippen MR) is 105 cm³/mol. The molecule has 2 aromatic rings. The summed E-state index contributed by atoms with van der Waals surface area (Å²) in [5.41, 5.74) is 1.86. The number of nitrogens with zero attached hydrogens (tertiary/aromatic N) is 1. The van der Waals surface area contributed by atoms with Crippen LogP contribution in [0.3, 0.4) is 0 Å². The highest BCUT2D eigenvalue weighted by Gasteiger charge is 2.13. The van der Waals surface area contributed by atoms with Gasteiger partial charge in [-0.15, -0.1) is 11.3 Å². The molecule has 0 spiro atoms. The summed E-state index contributed by atoms with van der Waals surface area (Å²) in [6.45, 7) is 8.47. The first-order valence-electron chi connectivity index (χ1n) is 8.16. The van der Waals surface area contributed by atoms with Crippen molar-refractivity contribution < 1.29 is 9.13 Å². The van der Waals surface area contributed by atoms with Crippen molar-refractivity contribution in [3.05, 3.63) is 88.2 Å². The molecule has 1 heterocycles. The highest BCUT2D eigenvalue weighted by atomic mass is 32.1. The number of benzene rings is 1. The minimum atomic E-state index is -0.232. The maximum absolute atomic E-state index is 13.1. The van der Waals surface area contributed by atoms with Crippen molar-refractivity contribution in [1.29, 1.82) is 0 Å². The summed E-state index contributed by atoms with van der Waals surface area (Å²) in [5.74, 6) is 0.396. The van der Waals surface area contributed by atoms with Crippen molar-refractivity contribution in [2.75, 3.05) is 6.61 Å². The van der Waals surface area contributed by atoms with Gasteiger partial charge in [0.15, 0.2) is 0 Å². The van der Waals surface area contributed by atoms with E-state index in [1.807, 2.05) is 50.3 Å². The molecule has 0 aliphatic heterocycles. The van der Waals surface area contributed by atoms with E-state index in [9.17, 15) is 4.39 Å². The van der Waals surface area contributed by atoms with Gasteiger partial charge in [-0.05, 0) is 37.6 Å². The summed E-state index contributed by atoms with van der Waals surface area (Å²) < 4.78 is 18.6. The number of hydrogen-bond acceptors (Lipinski definition) is 3. The molecule has 0 N–H and O–H groups in total. The van der Waals surface area contributed by atoms with Crippen molar-refractivity contribution in [3.8, 4) is 0 Å². The van der Waals surface area contributed by atoms with Gasteiger partial charge in [-0.2, -0.15) is 0 Å². The summed E-state index contributed by atoms with van der Waals surface area (Å²) in [7, 11) is 0. The van der Waals surface area contributed by atoms with Crippen LogP contribution >= 0.6 is 11.3 Å². The van der Waals surface area contributed by atoms with E-state index in [1.165, 1.54) is 12.1 Å². The summed E-state index contributed by atoms with van der Waals surface area (Å²) in [5, 5.41) is 0.944. The van der Waals surface area contributed by atoms with Gasteiger partial charge in [0, 0.05) is 6.42 Å². The molecule has 2 nitrogen and oxygen atoms in total. The lowest BCUT2D eigenvalue weighted by Crippen LogP contribution is -1.89. The second-order valence-corrected chi connectivity index (χ2v) is 6.33. The normalized spacial score (nSPS) is 11.8. The molecule has 2 rings (SSSR count). The number of ether oxygens (including phenoxy) is 1. The summed E-state index contributed by atoms with van der Waals surface area (Å²) >= 11 is 1.56. The minimum absolute atomic E-state index is 0.232. The van der Waals surface area contributed by atoms with Gasteiger partial charge in [0.2, 0.25) is 0 Å². The fourth-order valence-electron chi connectivity index (χ4n) is 2.17. The highest BCUT2D eigenvalue weighted by molar-refractivity contribution is 7.12. The van der Waals surface area contributed by atoms with Gasteiger partial charge >= 0.3 is 0 Å². The monoisotopic (exact) mass is 355 g/mol. The molecule has 0 unspecified atom stereocenters. The van der Waals surface area contributed by atoms with Crippen molar-refractivity contribution in [2.45, 2.75) is 20.3 Å². The van der Waals surface area contributed by atoms with Crippen LogP contribution in [0, 0.1) is 5.82 Å². The SMILES string of the molecule is C=C(OCC)c1sc(Cc2ccc(F)cc2)nc1/C=C/C=C\C=C/C. The van der Waals surface area contributed by atoms with Crippen molar-refractivity contribution in [3.63, 3.8) is 0 Å². The Labute approximate surface area is 152 Å². The molecule has 0 fully saturated rings.